The van der Waals surface area contributed by atoms with Crippen molar-refractivity contribution < 1.29 is 18.8 Å². The fraction of sp³-hybridized carbons (Fsp3) is 0.375. The summed E-state index contributed by atoms with van der Waals surface area (Å²) < 4.78 is 16.1. The molecule has 1 saturated heterocycles. The molecule has 1 aromatic heterocycles. The zero-order valence-corrected chi connectivity index (χ0v) is 18.3. The molecule has 0 saturated carbocycles. The van der Waals surface area contributed by atoms with Gasteiger partial charge in [0.2, 0.25) is 5.91 Å². The van der Waals surface area contributed by atoms with E-state index in [0.29, 0.717) is 54.2 Å². The molecule has 31 heavy (non-hydrogen) atoms. The van der Waals surface area contributed by atoms with Crippen LogP contribution in [0.2, 0.25) is 0 Å². The van der Waals surface area contributed by atoms with Crippen molar-refractivity contribution in [2.75, 3.05) is 20.8 Å². The van der Waals surface area contributed by atoms with Crippen LogP contribution in [-0.4, -0.2) is 41.7 Å². The molecule has 0 spiro atoms. The fourth-order valence-corrected chi connectivity index (χ4v) is 3.78. The molecule has 3 aromatic rings. The van der Waals surface area contributed by atoms with Gasteiger partial charge in [0, 0.05) is 37.1 Å². The predicted octanol–water partition coefficient (Wildman–Crippen LogP) is 4.39. The van der Waals surface area contributed by atoms with Crippen molar-refractivity contribution in [3.63, 3.8) is 0 Å². The van der Waals surface area contributed by atoms with E-state index in [0.717, 1.165) is 5.56 Å². The van der Waals surface area contributed by atoms with Crippen LogP contribution in [0.15, 0.2) is 47.0 Å². The molecule has 1 atom stereocenters. The summed E-state index contributed by atoms with van der Waals surface area (Å²) in [5, 5.41) is 4.15. The molecule has 162 valence electrons. The van der Waals surface area contributed by atoms with E-state index in [1.807, 2.05) is 17.0 Å². The normalized spacial score (nSPS) is 16.2. The Balaban J connectivity index is 1.47. The standard InChI is InChI=1S/C24H27N3O4/c1-15(2)17-7-5-16(6-8-17)13-27-14-19(11-22(27)28)23-25-24(31-26-23)18-9-20(29-3)12-21(10-18)30-4/h5-10,12,15,19H,11,13-14H2,1-4H3. The lowest BCUT2D eigenvalue weighted by molar-refractivity contribution is -0.128. The highest BCUT2D eigenvalue weighted by Gasteiger charge is 2.33. The number of benzene rings is 2. The van der Waals surface area contributed by atoms with E-state index in [9.17, 15) is 4.79 Å². The molecule has 1 unspecified atom stereocenters. The Morgan fingerprint density at radius 1 is 1.10 bits per heavy atom. The van der Waals surface area contributed by atoms with E-state index in [1.165, 1.54) is 5.56 Å². The molecule has 1 fully saturated rings. The fourth-order valence-electron chi connectivity index (χ4n) is 3.78. The number of nitrogens with zero attached hydrogens (tertiary/aromatic N) is 3. The Bertz CT molecular complexity index is 1040. The van der Waals surface area contributed by atoms with Crippen LogP contribution in [0.25, 0.3) is 11.5 Å². The summed E-state index contributed by atoms with van der Waals surface area (Å²) in [5.41, 5.74) is 3.12. The van der Waals surface area contributed by atoms with Crippen LogP contribution in [0.3, 0.4) is 0 Å². The minimum absolute atomic E-state index is 0.0903. The van der Waals surface area contributed by atoms with Gasteiger partial charge in [-0.25, -0.2) is 0 Å². The maximum Gasteiger partial charge on any atom is 0.258 e. The molecular weight excluding hydrogens is 394 g/mol. The maximum atomic E-state index is 12.6. The SMILES string of the molecule is COc1cc(OC)cc(-c2nc(C3CC(=O)N(Cc4ccc(C(C)C)cc4)C3)no2)c1. The summed E-state index contributed by atoms with van der Waals surface area (Å²) in [5.74, 6) is 2.70. The number of aromatic nitrogens is 2. The van der Waals surface area contributed by atoms with Gasteiger partial charge in [-0.15, -0.1) is 0 Å². The zero-order valence-electron chi connectivity index (χ0n) is 18.3. The monoisotopic (exact) mass is 421 g/mol. The van der Waals surface area contributed by atoms with E-state index in [4.69, 9.17) is 14.0 Å². The first kappa shape index (κ1) is 20.9. The molecular formula is C24H27N3O4. The number of methoxy groups -OCH3 is 2. The van der Waals surface area contributed by atoms with Gasteiger partial charge in [0.05, 0.1) is 14.2 Å². The topological polar surface area (TPSA) is 77.7 Å². The van der Waals surface area contributed by atoms with Crippen molar-refractivity contribution >= 4 is 5.91 Å². The number of hydrogen-bond donors (Lipinski definition) is 0. The van der Waals surface area contributed by atoms with E-state index in [1.54, 1.807) is 20.3 Å². The molecule has 2 heterocycles. The molecule has 1 aliphatic rings. The number of likely N-dealkylation sites (tertiary alicyclic amines) is 1. The van der Waals surface area contributed by atoms with Gasteiger partial charge in [0.25, 0.3) is 5.89 Å². The summed E-state index contributed by atoms with van der Waals surface area (Å²) in [7, 11) is 3.18. The highest BCUT2D eigenvalue weighted by molar-refractivity contribution is 5.79. The summed E-state index contributed by atoms with van der Waals surface area (Å²) in [4.78, 5) is 19.0. The van der Waals surface area contributed by atoms with E-state index in [2.05, 4.69) is 48.3 Å². The third-order valence-electron chi connectivity index (χ3n) is 5.64. The lowest BCUT2D eigenvalue weighted by atomic mass is 10.0. The van der Waals surface area contributed by atoms with Crippen LogP contribution < -0.4 is 9.47 Å². The number of carbonyl (C=O) groups excluding carboxylic acids is 1. The number of carbonyl (C=O) groups is 1. The molecule has 7 nitrogen and oxygen atoms in total. The maximum absolute atomic E-state index is 12.6. The zero-order chi connectivity index (χ0) is 22.0. The van der Waals surface area contributed by atoms with Gasteiger partial charge in [0.15, 0.2) is 5.82 Å². The number of ether oxygens (including phenoxy) is 2. The van der Waals surface area contributed by atoms with E-state index < -0.39 is 0 Å². The van der Waals surface area contributed by atoms with Crippen molar-refractivity contribution in [3.05, 3.63) is 59.4 Å². The van der Waals surface area contributed by atoms with Crippen molar-refractivity contribution in [2.45, 2.75) is 38.6 Å². The first-order valence-corrected chi connectivity index (χ1v) is 10.4. The minimum Gasteiger partial charge on any atom is -0.497 e. The van der Waals surface area contributed by atoms with Crippen molar-refractivity contribution in [1.82, 2.24) is 15.0 Å². The average Bonchev–Trinajstić information content (AvgIpc) is 3.41. The quantitative estimate of drug-likeness (QED) is 0.563. The van der Waals surface area contributed by atoms with Gasteiger partial charge in [-0.3, -0.25) is 4.79 Å². The minimum atomic E-state index is -0.0903. The van der Waals surface area contributed by atoms with Crippen LogP contribution in [0.1, 0.15) is 49.1 Å². The Kier molecular flexibility index (Phi) is 5.93. The van der Waals surface area contributed by atoms with Crippen molar-refractivity contribution in [1.29, 1.82) is 0 Å². The van der Waals surface area contributed by atoms with Gasteiger partial charge < -0.3 is 18.9 Å². The second kappa shape index (κ2) is 8.79. The Labute approximate surface area is 182 Å². The molecule has 0 aliphatic carbocycles. The summed E-state index contributed by atoms with van der Waals surface area (Å²) >= 11 is 0. The number of amides is 1. The molecule has 1 aliphatic heterocycles. The molecule has 7 heteroatoms. The lowest BCUT2D eigenvalue weighted by Crippen LogP contribution is -2.24. The molecule has 0 radical (unpaired) electrons. The second-order valence-corrected chi connectivity index (χ2v) is 8.13. The van der Waals surface area contributed by atoms with Crippen molar-refractivity contribution in [3.8, 4) is 23.0 Å². The summed E-state index contributed by atoms with van der Waals surface area (Å²) in [6.07, 6.45) is 0.379. The van der Waals surface area contributed by atoms with Gasteiger partial charge in [-0.1, -0.05) is 43.3 Å². The van der Waals surface area contributed by atoms with E-state index in [-0.39, 0.29) is 11.8 Å². The van der Waals surface area contributed by atoms with Crippen molar-refractivity contribution in [2.24, 2.45) is 0 Å². The highest BCUT2D eigenvalue weighted by atomic mass is 16.5. The average molecular weight is 421 g/mol. The van der Waals surface area contributed by atoms with Crippen LogP contribution in [0.4, 0.5) is 0 Å². The molecule has 4 rings (SSSR count). The Hall–Kier alpha value is -3.35. The van der Waals surface area contributed by atoms with Gasteiger partial charge in [-0.05, 0) is 29.2 Å². The number of rotatable bonds is 7. The third-order valence-corrected chi connectivity index (χ3v) is 5.64. The first-order chi connectivity index (χ1) is 15.0. The van der Waals surface area contributed by atoms with Gasteiger partial charge in [-0.2, -0.15) is 4.98 Å². The molecule has 0 bridgehead atoms. The lowest BCUT2D eigenvalue weighted by Gasteiger charge is -2.16. The largest absolute Gasteiger partial charge is 0.497 e. The smallest absolute Gasteiger partial charge is 0.258 e. The van der Waals surface area contributed by atoms with Gasteiger partial charge >= 0.3 is 0 Å². The van der Waals surface area contributed by atoms with Crippen LogP contribution in [-0.2, 0) is 11.3 Å². The predicted molar refractivity (Wildman–Crippen MR) is 116 cm³/mol. The third kappa shape index (κ3) is 4.55. The van der Waals surface area contributed by atoms with Crippen LogP contribution >= 0.6 is 0 Å². The summed E-state index contributed by atoms with van der Waals surface area (Å²) in [6.45, 7) is 5.51. The molecule has 1 amide bonds. The Morgan fingerprint density at radius 3 is 2.39 bits per heavy atom. The van der Waals surface area contributed by atoms with Crippen LogP contribution in [0, 0.1) is 0 Å². The number of hydrogen-bond acceptors (Lipinski definition) is 6. The molecule has 0 N–H and O–H groups in total. The van der Waals surface area contributed by atoms with Crippen LogP contribution in [0.5, 0.6) is 11.5 Å². The summed E-state index contributed by atoms with van der Waals surface area (Å²) in [6, 6.07) is 13.9. The Morgan fingerprint density at radius 2 is 1.77 bits per heavy atom. The molecule has 2 aromatic carbocycles. The first-order valence-electron chi connectivity index (χ1n) is 10.4. The van der Waals surface area contributed by atoms with E-state index >= 15 is 0 Å². The van der Waals surface area contributed by atoms with Gasteiger partial charge in [0.1, 0.15) is 11.5 Å². The highest BCUT2D eigenvalue weighted by Crippen LogP contribution is 2.32. The second-order valence-electron chi connectivity index (χ2n) is 8.13.